The van der Waals surface area contributed by atoms with Crippen LogP contribution in [-0.2, 0) is 10.0 Å². The van der Waals surface area contributed by atoms with Crippen LogP contribution in [0.5, 0.6) is 0 Å². The van der Waals surface area contributed by atoms with E-state index in [0.717, 1.165) is 19.0 Å². The summed E-state index contributed by atoms with van der Waals surface area (Å²) in [6.45, 7) is 5.28. The van der Waals surface area contributed by atoms with E-state index in [-0.39, 0.29) is 22.2 Å². The highest BCUT2D eigenvalue weighted by atomic mass is 32.2. The molecule has 2 N–H and O–H groups in total. The maximum absolute atomic E-state index is 13.8. The number of halogens is 1. The monoisotopic (exact) mass is 315 g/mol. The van der Waals surface area contributed by atoms with Gasteiger partial charge < -0.3 is 10.6 Å². The number of rotatable bonds is 2. The topological polar surface area (TPSA) is 66.6 Å². The molecule has 7 heteroatoms. The largest absolute Gasteiger partial charge is 0.399 e. The van der Waals surface area contributed by atoms with E-state index in [9.17, 15) is 12.8 Å². The van der Waals surface area contributed by atoms with Crippen molar-refractivity contribution in [2.24, 2.45) is 0 Å². The van der Waals surface area contributed by atoms with Gasteiger partial charge in [-0.15, -0.1) is 0 Å². The number of nitrogens with two attached hydrogens (primary N) is 1. The van der Waals surface area contributed by atoms with E-state index < -0.39 is 15.8 Å². The Morgan fingerprint density at radius 2 is 2.00 bits per heavy atom. The van der Waals surface area contributed by atoms with Gasteiger partial charge in [-0.1, -0.05) is 0 Å². The maximum atomic E-state index is 13.8. The second-order valence-electron chi connectivity index (χ2n) is 5.71. The summed E-state index contributed by atoms with van der Waals surface area (Å²) < 4.78 is 41.0. The minimum absolute atomic E-state index is 0.0311. The average Bonchev–Trinajstić information content (AvgIpc) is 2.54. The standard InChI is InChI=1S/C14H22FN3O2S/c1-10-9-17(3)5-4-6-18(10)21(19,20)14-8-12(16)7-13(15)11(14)2/h7-8,10H,4-6,9,16H2,1-3H3. The van der Waals surface area contributed by atoms with Gasteiger partial charge >= 0.3 is 0 Å². The molecule has 0 radical (unpaired) electrons. The first-order chi connectivity index (χ1) is 9.73. The normalized spacial score (nSPS) is 22.2. The number of nitrogen functional groups attached to an aromatic ring is 1. The van der Waals surface area contributed by atoms with Gasteiger partial charge in [-0.05, 0) is 46.0 Å². The Labute approximate surface area is 125 Å². The van der Waals surface area contributed by atoms with Crippen LogP contribution in [0.2, 0.25) is 0 Å². The summed E-state index contributed by atoms with van der Waals surface area (Å²) in [5.74, 6) is -0.590. The van der Waals surface area contributed by atoms with Crippen molar-refractivity contribution < 1.29 is 12.8 Å². The quantitative estimate of drug-likeness (QED) is 0.839. The fraction of sp³-hybridized carbons (Fsp3) is 0.571. The molecule has 0 aromatic heterocycles. The number of sulfonamides is 1. The van der Waals surface area contributed by atoms with Crippen molar-refractivity contribution in [2.45, 2.75) is 31.2 Å². The number of likely N-dealkylation sites (N-methyl/N-ethyl adjacent to an activating group) is 1. The van der Waals surface area contributed by atoms with Crippen LogP contribution in [0.15, 0.2) is 17.0 Å². The first-order valence-electron chi connectivity index (χ1n) is 6.99. The van der Waals surface area contributed by atoms with Gasteiger partial charge in [-0.2, -0.15) is 4.31 Å². The third kappa shape index (κ3) is 3.20. The zero-order chi connectivity index (χ0) is 15.8. The Morgan fingerprint density at radius 3 is 2.67 bits per heavy atom. The molecule has 1 aliphatic rings. The Bertz CT molecular complexity index is 633. The third-order valence-corrected chi connectivity index (χ3v) is 6.03. The third-order valence-electron chi connectivity index (χ3n) is 3.89. The number of nitrogens with zero attached hydrogens (tertiary/aromatic N) is 2. The molecule has 0 bridgehead atoms. The van der Waals surface area contributed by atoms with Crippen LogP contribution in [0.25, 0.3) is 0 Å². The van der Waals surface area contributed by atoms with Gasteiger partial charge in [0.2, 0.25) is 10.0 Å². The maximum Gasteiger partial charge on any atom is 0.243 e. The first kappa shape index (κ1) is 16.2. The van der Waals surface area contributed by atoms with Gasteiger partial charge in [0.05, 0.1) is 4.90 Å². The minimum Gasteiger partial charge on any atom is -0.399 e. The Balaban J connectivity index is 2.46. The highest BCUT2D eigenvalue weighted by Gasteiger charge is 2.33. The number of hydrogen-bond donors (Lipinski definition) is 1. The fourth-order valence-electron chi connectivity index (χ4n) is 2.78. The molecule has 1 aromatic carbocycles. The number of benzene rings is 1. The molecule has 5 nitrogen and oxygen atoms in total. The molecule has 1 heterocycles. The summed E-state index contributed by atoms with van der Waals surface area (Å²) in [7, 11) is -1.78. The predicted molar refractivity (Wildman–Crippen MR) is 81.0 cm³/mol. The van der Waals surface area contributed by atoms with E-state index in [1.54, 1.807) is 0 Å². The lowest BCUT2D eigenvalue weighted by Gasteiger charge is -2.28. The lowest BCUT2D eigenvalue weighted by molar-refractivity contribution is 0.290. The van der Waals surface area contributed by atoms with Crippen molar-refractivity contribution >= 4 is 15.7 Å². The second-order valence-corrected chi connectivity index (χ2v) is 7.57. The van der Waals surface area contributed by atoms with Gasteiger partial charge in [0.25, 0.3) is 0 Å². The van der Waals surface area contributed by atoms with E-state index in [2.05, 4.69) is 4.90 Å². The molecule has 0 amide bonds. The summed E-state index contributed by atoms with van der Waals surface area (Å²) in [5, 5.41) is 0. The van der Waals surface area contributed by atoms with Crippen molar-refractivity contribution in [1.82, 2.24) is 9.21 Å². The minimum atomic E-state index is -3.75. The lowest BCUT2D eigenvalue weighted by Crippen LogP contribution is -2.42. The summed E-state index contributed by atoms with van der Waals surface area (Å²) in [6.07, 6.45) is 0.754. The Morgan fingerprint density at radius 1 is 1.33 bits per heavy atom. The lowest BCUT2D eigenvalue weighted by atomic mass is 10.2. The Kier molecular flexibility index (Phi) is 4.55. The van der Waals surface area contributed by atoms with Crippen molar-refractivity contribution in [1.29, 1.82) is 0 Å². The van der Waals surface area contributed by atoms with Crippen LogP contribution < -0.4 is 5.73 Å². The van der Waals surface area contributed by atoms with Gasteiger partial charge in [0.1, 0.15) is 5.82 Å². The van der Waals surface area contributed by atoms with E-state index in [1.165, 1.54) is 17.3 Å². The zero-order valence-corrected chi connectivity index (χ0v) is 13.5. The van der Waals surface area contributed by atoms with Crippen LogP contribution >= 0.6 is 0 Å². The Hall–Kier alpha value is -1.18. The van der Waals surface area contributed by atoms with E-state index >= 15 is 0 Å². The van der Waals surface area contributed by atoms with Crippen LogP contribution in [0.4, 0.5) is 10.1 Å². The molecule has 21 heavy (non-hydrogen) atoms. The number of anilines is 1. The van der Waals surface area contributed by atoms with Gasteiger partial charge in [-0.3, -0.25) is 0 Å². The van der Waals surface area contributed by atoms with Crippen LogP contribution in [0.3, 0.4) is 0 Å². The molecule has 1 aromatic rings. The van der Waals surface area contributed by atoms with Gasteiger partial charge in [0.15, 0.2) is 0 Å². The van der Waals surface area contributed by atoms with Gasteiger partial charge in [0, 0.05) is 30.4 Å². The number of hydrogen-bond acceptors (Lipinski definition) is 4. The first-order valence-corrected chi connectivity index (χ1v) is 8.43. The molecule has 0 saturated carbocycles. The SMILES string of the molecule is Cc1c(F)cc(N)cc1S(=O)(=O)N1CCCN(C)CC1C. The van der Waals surface area contributed by atoms with E-state index in [0.29, 0.717) is 13.1 Å². The summed E-state index contributed by atoms with van der Waals surface area (Å²) in [6, 6.07) is 2.33. The van der Waals surface area contributed by atoms with E-state index in [4.69, 9.17) is 5.73 Å². The average molecular weight is 315 g/mol. The molecular weight excluding hydrogens is 293 g/mol. The second kappa shape index (κ2) is 5.90. The molecule has 1 unspecified atom stereocenters. The molecular formula is C14H22FN3O2S. The molecule has 1 saturated heterocycles. The van der Waals surface area contributed by atoms with Gasteiger partial charge in [-0.25, -0.2) is 12.8 Å². The highest BCUT2D eigenvalue weighted by molar-refractivity contribution is 7.89. The summed E-state index contributed by atoms with van der Waals surface area (Å²) >= 11 is 0. The molecule has 0 spiro atoms. The van der Waals surface area contributed by atoms with Crippen LogP contribution in [0.1, 0.15) is 18.9 Å². The molecule has 1 fully saturated rings. The van der Waals surface area contributed by atoms with Crippen molar-refractivity contribution in [3.05, 3.63) is 23.5 Å². The molecule has 2 rings (SSSR count). The fourth-order valence-corrected chi connectivity index (χ4v) is 4.71. The van der Waals surface area contributed by atoms with Crippen LogP contribution in [0, 0.1) is 12.7 Å². The van der Waals surface area contributed by atoms with Crippen LogP contribution in [-0.4, -0.2) is 50.3 Å². The highest BCUT2D eigenvalue weighted by Crippen LogP contribution is 2.27. The van der Waals surface area contributed by atoms with Crippen molar-refractivity contribution in [3.8, 4) is 0 Å². The summed E-state index contributed by atoms with van der Waals surface area (Å²) in [4.78, 5) is 2.07. The zero-order valence-electron chi connectivity index (χ0n) is 12.6. The molecule has 118 valence electrons. The predicted octanol–water partition coefficient (Wildman–Crippen LogP) is 1.43. The molecule has 1 aliphatic heterocycles. The summed E-state index contributed by atoms with van der Waals surface area (Å²) in [5.41, 5.74) is 5.85. The van der Waals surface area contributed by atoms with Crippen molar-refractivity contribution in [2.75, 3.05) is 32.4 Å². The van der Waals surface area contributed by atoms with E-state index in [1.807, 2.05) is 14.0 Å². The smallest absolute Gasteiger partial charge is 0.243 e. The van der Waals surface area contributed by atoms with Crippen molar-refractivity contribution in [3.63, 3.8) is 0 Å². The molecule has 0 aliphatic carbocycles. The molecule has 1 atom stereocenters.